The predicted octanol–water partition coefficient (Wildman–Crippen LogP) is 2.13. The largest absolute Gasteiger partial charge is 0.450 e. The second-order valence-electron chi connectivity index (χ2n) is 4.69. The van der Waals surface area contributed by atoms with Crippen LogP contribution in [0.4, 0.5) is 4.79 Å². The second-order valence-corrected chi connectivity index (χ2v) is 5.07. The smallest absolute Gasteiger partial charge is 0.407 e. The molecule has 1 atom stereocenters. The molecule has 1 unspecified atom stereocenters. The lowest BCUT2D eigenvalue weighted by molar-refractivity contribution is -0.132. The molecule has 6 heteroatoms. The zero-order valence-corrected chi connectivity index (χ0v) is 12.2. The lowest BCUT2D eigenvalue weighted by Crippen LogP contribution is -2.49. The molecule has 0 bridgehead atoms. The van der Waals surface area contributed by atoms with Crippen LogP contribution in [0.25, 0.3) is 0 Å². The summed E-state index contributed by atoms with van der Waals surface area (Å²) in [6.07, 6.45) is 3.64. The summed E-state index contributed by atoms with van der Waals surface area (Å²) in [6, 6.07) is 0.00442. The number of ether oxygens (including phenoxy) is 1. The Labute approximate surface area is 119 Å². The molecular weight excluding hydrogens is 268 g/mol. The van der Waals surface area contributed by atoms with Crippen LogP contribution in [0.5, 0.6) is 0 Å². The van der Waals surface area contributed by atoms with Crippen molar-refractivity contribution in [3.8, 4) is 0 Å². The average molecular weight is 291 g/mol. The van der Waals surface area contributed by atoms with Crippen LogP contribution in [0.1, 0.15) is 39.0 Å². The average Bonchev–Trinajstić information content (AvgIpc) is 2.39. The van der Waals surface area contributed by atoms with Crippen LogP contribution in [0.3, 0.4) is 0 Å². The zero-order chi connectivity index (χ0) is 14.1. The number of unbranched alkanes of at least 4 members (excludes halogenated alkanes) is 1. The van der Waals surface area contributed by atoms with Crippen molar-refractivity contribution in [3.63, 3.8) is 0 Å². The van der Waals surface area contributed by atoms with Crippen molar-refractivity contribution >= 4 is 23.6 Å². The van der Waals surface area contributed by atoms with Gasteiger partial charge in [0, 0.05) is 31.4 Å². The van der Waals surface area contributed by atoms with Gasteiger partial charge in [0.1, 0.15) is 0 Å². The monoisotopic (exact) mass is 290 g/mol. The topological polar surface area (TPSA) is 58.6 Å². The summed E-state index contributed by atoms with van der Waals surface area (Å²) in [7, 11) is 0. The first-order chi connectivity index (χ1) is 9.17. The predicted molar refractivity (Wildman–Crippen MR) is 74.3 cm³/mol. The van der Waals surface area contributed by atoms with Gasteiger partial charge in [0.05, 0.1) is 6.61 Å². The number of alkyl carbamates (subject to hydrolysis) is 1. The highest BCUT2D eigenvalue weighted by Gasteiger charge is 2.24. The number of halogens is 1. The molecule has 1 rings (SSSR count). The van der Waals surface area contributed by atoms with Gasteiger partial charge in [0.15, 0.2) is 0 Å². The standard InChI is InChI=1S/C13H23ClN2O3/c1-2-19-13(18)15-11-6-5-9-16(10-11)12(17)7-3-4-8-14/h11H,2-10H2,1H3,(H,15,18). The second kappa shape index (κ2) is 9.02. The Morgan fingerprint density at radius 1 is 1.42 bits per heavy atom. The van der Waals surface area contributed by atoms with E-state index in [0.29, 0.717) is 25.5 Å². The van der Waals surface area contributed by atoms with Gasteiger partial charge >= 0.3 is 6.09 Å². The van der Waals surface area contributed by atoms with Gasteiger partial charge in [0.25, 0.3) is 0 Å². The highest BCUT2D eigenvalue weighted by molar-refractivity contribution is 6.17. The first-order valence-electron chi connectivity index (χ1n) is 6.94. The molecule has 0 saturated carbocycles. The number of hydrogen-bond donors (Lipinski definition) is 1. The maximum absolute atomic E-state index is 12.0. The third-order valence-corrected chi connectivity index (χ3v) is 3.41. The molecule has 0 aliphatic carbocycles. The third kappa shape index (κ3) is 6.14. The van der Waals surface area contributed by atoms with Crippen LogP contribution in [-0.2, 0) is 9.53 Å². The Morgan fingerprint density at radius 3 is 2.89 bits per heavy atom. The van der Waals surface area contributed by atoms with Crippen molar-refractivity contribution in [1.29, 1.82) is 0 Å². The zero-order valence-electron chi connectivity index (χ0n) is 11.5. The molecule has 1 saturated heterocycles. The van der Waals surface area contributed by atoms with E-state index in [4.69, 9.17) is 16.3 Å². The Morgan fingerprint density at radius 2 is 2.21 bits per heavy atom. The van der Waals surface area contributed by atoms with Gasteiger partial charge in [-0.05, 0) is 32.6 Å². The number of likely N-dealkylation sites (tertiary alicyclic amines) is 1. The summed E-state index contributed by atoms with van der Waals surface area (Å²) in [5.41, 5.74) is 0. The number of rotatable bonds is 6. The van der Waals surface area contributed by atoms with E-state index >= 15 is 0 Å². The normalized spacial score (nSPS) is 19.1. The quantitative estimate of drug-likeness (QED) is 0.602. The van der Waals surface area contributed by atoms with E-state index in [2.05, 4.69) is 5.32 Å². The summed E-state index contributed by atoms with van der Waals surface area (Å²) < 4.78 is 4.85. The van der Waals surface area contributed by atoms with Crippen molar-refractivity contribution in [2.45, 2.75) is 45.1 Å². The van der Waals surface area contributed by atoms with E-state index in [1.165, 1.54) is 0 Å². The number of nitrogens with one attached hydrogen (secondary N) is 1. The first kappa shape index (κ1) is 16.1. The molecular formula is C13H23ClN2O3. The highest BCUT2D eigenvalue weighted by Crippen LogP contribution is 2.12. The lowest BCUT2D eigenvalue weighted by Gasteiger charge is -2.33. The van der Waals surface area contributed by atoms with Gasteiger partial charge in [0.2, 0.25) is 5.91 Å². The van der Waals surface area contributed by atoms with Gasteiger partial charge in [-0.15, -0.1) is 11.6 Å². The molecule has 5 nitrogen and oxygen atoms in total. The number of hydrogen-bond acceptors (Lipinski definition) is 3. The molecule has 1 aliphatic rings. The van der Waals surface area contributed by atoms with Crippen molar-refractivity contribution < 1.29 is 14.3 Å². The molecule has 0 aromatic carbocycles. The third-order valence-electron chi connectivity index (χ3n) is 3.15. The summed E-state index contributed by atoms with van der Waals surface area (Å²) >= 11 is 5.59. The minimum atomic E-state index is -0.399. The maximum Gasteiger partial charge on any atom is 0.407 e. The Balaban J connectivity index is 2.32. The fraction of sp³-hybridized carbons (Fsp3) is 0.846. The molecule has 2 amide bonds. The van der Waals surface area contributed by atoms with Gasteiger partial charge in [-0.25, -0.2) is 4.79 Å². The summed E-state index contributed by atoms with van der Waals surface area (Å²) in [5, 5.41) is 2.80. The van der Waals surface area contributed by atoms with Gasteiger partial charge in [-0.2, -0.15) is 0 Å². The van der Waals surface area contributed by atoms with Crippen LogP contribution < -0.4 is 5.32 Å². The molecule has 0 aromatic heterocycles. The fourth-order valence-electron chi connectivity index (χ4n) is 2.19. The van der Waals surface area contributed by atoms with E-state index in [1.807, 2.05) is 4.90 Å². The molecule has 1 N–H and O–H groups in total. The van der Waals surface area contributed by atoms with Gasteiger partial charge in [-0.3, -0.25) is 4.79 Å². The van der Waals surface area contributed by atoms with Crippen molar-refractivity contribution in [1.82, 2.24) is 10.2 Å². The number of amides is 2. The molecule has 110 valence electrons. The lowest BCUT2D eigenvalue weighted by atomic mass is 10.1. The summed E-state index contributed by atoms with van der Waals surface area (Å²) in [5.74, 6) is 0.751. The summed E-state index contributed by atoms with van der Waals surface area (Å²) in [4.78, 5) is 25.1. The minimum absolute atomic E-state index is 0.00442. The molecule has 1 heterocycles. The number of piperidine rings is 1. The molecule has 0 spiro atoms. The first-order valence-corrected chi connectivity index (χ1v) is 7.47. The van der Waals surface area contributed by atoms with Crippen LogP contribution in [-0.4, -0.2) is 48.5 Å². The Kier molecular flexibility index (Phi) is 7.63. The van der Waals surface area contributed by atoms with Crippen LogP contribution in [0.15, 0.2) is 0 Å². The van der Waals surface area contributed by atoms with Crippen molar-refractivity contribution in [3.05, 3.63) is 0 Å². The Hall–Kier alpha value is -0.970. The molecule has 0 aromatic rings. The molecule has 0 radical (unpaired) electrons. The fourth-order valence-corrected chi connectivity index (χ4v) is 2.38. The van der Waals surface area contributed by atoms with E-state index in [0.717, 1.165) is 32.2 Å². The number of nitrogens with zero attached hydrogens (tertiary/aromatic N) is 1. The van der Waals surface area contributed by atoms with E-state index in [9.17, 15) is 9.59 Å². The van der Waals surface area contributed by atoms with Crippen LogP contribution in [0.2, 0.25) is 0 Å². The van der Waals surface area contributed by atoms with Crippen molar-refractivity contribution in [2.24, 2.45) is 0 Å². The van der Waals surface area contributed by atoms with Crippen LogP contribution >= 0.6 is 11.6 Å². The van der Waals surface area contributed by atoms with E-state index < -0.39 is 6.09 Å². The number of carbonyl (C=O) groups is 2. The Bertz CT molecular complexity index is 300. The van der Waals surface area contributed by atoms with Crippen molar-refractivity contribution in [2.75, 3.05) is 25.6 Å². The highest BCUT2D eigenvalue weighted by atomic mass is 35.5. The number of carbonyl (C=O) groups excluding carboxylic acids is 2. The molecule has 1 aliphatic heterocycles. The summed E-state index contributed by atoms with van der Waals surface area (Å²) in [6.45, 7) is 3.49. The van der Waals surface area contributed by atoms with E-state index in [1.54, 1.807) is 6.92 Å². The molecule has 1 fully saturated rings. The molecule has 19 heavy (non-hydrogen) atoms. The SMILES string of the molecule is CCOC(=O)NC1CCCN(C(=O)CCCCCl)C1. The number of alkyl halides is 1. The van der Waals surface area contributed by atoms with E-state index in [-0.39, 0.29) is 11.9 Å². The van der Waals surface area contributed by atoms with Gasteiger partial charge < -0.3 is 15.0 Å². The maximum atomic E-state index is 12.0. The van der Waals surface area contributed by atoms with Gasteiger partial charge in [-0.1, -0.05) is 0 Å². The van der Waals surface area contributed by atoms with Crippen LogP contribution in [0, 0.1) is 0 Å². The minimum Gasteiger partial charge on any atom is -0.450 e.